The molecule has 5 rings (SSSR count). The lowest BCUT2D eigenvalue weighted by Gasteiger charge is -2.36. The van der Waals surface area contributed by atoms with Gasteiger partial charge in [0.05, 0.1) is 36.1 Å². The van der Waals surface area contributed by atoms with Gasteiger partial charge < -0.3 is 35.0 Å². The summed E-state index contributed by atoms with van der Waals surface area (Å²) >= 11 is 0. The average Bonchev–Trinajstić information content (AvgIpc) is 3.12. The van der Waals surface area contributed by atoms with Gasteiger partial charge in [-0.15, -0.1) is 0 Å². The van der Waals surface area contributed by atoms with Gasteiger partial charge in [-0.05, 0) is 74.9 Å². The second kappa shape index (κ2) is 17.1. The van der Waals surface area contributed by atoms with Gasteiger partial charge in [-0.2, -0.15) is 0 Å². The molecule has 3 N–H and O–H groups in total. The van der Waals surface area contributed by atoms with Crippen LogP contribution in [0.4, 0.5) is 16.2 Å². The molecule has 264 valence electrons. The van der Waals surface area contributed by atoms with Crippen LogP contribution < -0.4 is 15.4 Å². The molecule has 10 nitrogen and oxygen atoms in total. The number of carbonyl (C=O) groups excluding carboxylic acids is 3. The summed E-state index contributed by atoms with van der Waals surface area (Å²) in [5, 5.41) is 18.0. The number of carbonyl (C=O) groups is 3. The lowest BCUT2D eigenvalue weighted by molar-refractivity contribution is -0.0149. The number of amides is 4. The van der Waals surface area contributed by atoms with Crippen LogP contribution in [0.25, 0.3) is 10.8 Å². The van der Waals surface area contributed by atoms with Gasteiger partial charge in [0.1, 0.15) is 5.75 Å². The van der Waals surface area contributed by atoms with E-state index >= 15 is 0 Å². The summed E-state index contributed by atoms with van der Waals surface area (Å²) in [6.45, 7) is 6.59. The number of fused-ring (bicyclic) bond motifs is 2. The van der Waals surface area contributed by atoms with Crippen molar-refractivity contribution in [3.05, 3.63) is 102 Å². The van der Waals surface area contributed by atoms with Crippen molar-refractivity contribution in [3.8, 4) is 5.75 Å². The normalized spacial score (nSPS) is 19.4. The number of hydrogen-bond acceptors (Lipinski definition) is 6. The topological polar surface area (TPSA) is 120 Å². The number of rotatable bonds is 7. The summed E-state index contributed by atoms with van der Waals surface area (Å²) in [6.07, 6.45) is 1.85. The average molecular weight is 681 g/mol. The smallest absolute Gasteiger partial charge is 0.323 e. The first-order chi connectivity index (χ1) is 24.1. The van der Waals surface area contributed by atoms with Crippen molar-refractivity contribution in [2.75, 3.05) is 44.0 Å². The molecular formula is C40H48N4O6. The van der Waals surface area contributed by atoms with E-state index in [1.165, 1.54) is 0 Å². The number of ether oxygens (including phenoxy) is 2. The summed E-state index contributed by atoms with van der Waals surface area (Å²) in [4.78, 5) is 44.2. The molecule has 4 aromatic carbocycles. The van der Waals surface area contributed by atoms with Crippen molar-refractivity contribution in [3.63, 3.8) is 0 Å². The fraction of sp³-hybridized carbons (Fsp3) is 0.375. The van der Waals surface area contributed by atoms with Crippen LogP contribution in [0.5, 0.6) is 5.75 Å². The molecule has 0 fully saturated rings. The van der Waals surface area contributed by atoms with Gasteiger partial charge in [-0.25, -0.2) is 4.79 Å². The van der Waals surface area contributed by atoms with Crippen LogP contribution in [0.15, 0.2) is 91.0 Å². The molecule has 1 aliphatic heterocycles. The van der Waals surface area contributed by atoms with Gasteiger partial charge in [0.15, 0.2) is 0 Å². The number of urea groups is 1. The van der Waals surface area contributed by atoms with E-state index in [9.17, 15) is 19.5 Å². The summed E-state index contributed by atoms with van der Waals surface area (Å²) in [6, 6.07) is 26.7. The number of likely N-dealkylation sites (N-methyl/N-ethyl adjacent to an activating group) is 1. The van der Waals surface area contributed by atoms with E-state index in [0.717, 1.165) is 30.0 Å². The lowest BCUT2D eigenvalue weighted by Crippen LogP contribution is -2.48. The van der Waals surface area contributed by atoms with Gasteiger partial charge in [-0.3, -0.25) is 9.59 Å². The van der Waals surface area contributed by atoms with Crippen molar-refractivity contribution in [1.29, 1.82) is 0 Å². The molecule has 0 aliphatic carbocycles. The SMILES string of the molecule is C[C@H](CO)N1C[C@H](C)[C@@H](CN(C)C(=O)c2ccccc2)OCCCC[C@H](C)Oc2ccc(NC(=O)Nc3cccc4ccccc34)cc2C1=O. The number of nitrogens with zero attached hydrogens (tertiary/aromatic N) is 2. The highest BCUT2D eigenvalue weighted by molar-refractivity contribution is 6.07. The van der Waals surface area contributed by atoms with E-state index in [-0.39, 0.29) is 48.7 Å². The predicted octanol–water partition coefficient (Wildman–Crippen LogP) is 7.05. The fourth-order valence-electron chi connectivity index (χ4n) is 6.24. The highest BCUT2D eigenvalue weighted by Gasteiger charge is 2.31. The maximum absolute atomic E-state index is 14.5. The second-order valence-electron chi connectivity index (χ2n) is 13.2. The standard InChI is InChI=1S/C40H48N4O6/c1-27-24-44(28(2)26-45)39(47)34-23-32(41-40(48)42-35-19-12-17-30-14-8-9-18-33(30)35)20-21-36(34)50-29(3)13-10-11-22-49-37(27)25-43(4)38(46)31-15-6-5-7-16-31/h5-9,12,14-21,23,27-29,37,45H,10-11,13,22,24-26H2,1-4H3,(H2,41,42,48)/t27-,28+,29-,37+/m0/s1. The molecule has 0 unspecified atom stereocenters. The van der Waals surface area contributed by atoms with Gasteiger partial charge >= 0.3 is 6.03 Å². The predicted molar refractivity (Wildman–Crippen MR) is 197 cm³/mol. The molecule has 1 aliphatic rings. The van der Waals surface area contributed by atoms with Crippen LogP contribution in [0.3, 0.4) is 0 Å². The molecule has 50 heavy (non-hydrogen) atoms. The van der Waals surface area contributed by atoms with Crippen molar-refractivity contribution >= 4 is 40.0 Å². The molecule has 4 atom stereocenters. The zero-order valence-electron chi connectivity index (χ0n) is 29.3. The number of anilines is 2. The number of hydrogen-bond donors (Lipinski definition) is 3. The van der Waals surface area contributed by atoms with E-state index in [1.54, 1.807) is 54.1 Å². The third-order valence-corrected chi connectivity index (χ3v) is 9.17. The Kier molecular flexibility index (Phi) is 12.5. The minimum Gasteiger partial charge on any atom is -0.490 e. The number of aliphatic hydroxyl groups is 1. The first-order valence-corrected chi connectivity index (χ1v) is 17.3. The quantitative estimate of drug-likeness (QED) is 0.192. The maximum Gasteiger partial charge on any atom is 0.323 e. The molecular weight excluding hydrogens is 632 g/mol. The Morgan fingerprint density at radius 3 is 2.48 bits per heavy atom. The van der Waals surface area contributed by atoms with Gasteiger partial charge in [0.2, 0.25) is 0 Å². The summed E-state index contributed by atoms with van der Waals surface area (Å²) in [5.41, 5.74) is 1.95. The molecule has 4 amide bonds. The van der Waals surface area contributed by atoms with E-state index in [4.69, 9.17) is 9.47 Å². The van der Waals surface area contributed by atoms with Crippen molar-refractivity contribution < 1.29 is 29.0 Å². The first kappa shape index (κ1) is 36.4. The summed E-state index contributed by atoms with van der Waals surface area (Å²) in [7, 11) is 1.76. The van der Waals surface area contributed by atoms with Crippen LogP contribution in [-0.2, 0) is 4.74 Å². The molecule has 0 radical (unpaired) electrons. The summed E-state index contributed by atoms with van der Waals surface area (Å²) in [5.74, 6) is -0.244. The lowest BCUT2D eigenvalue weighted by atomic mass is 10.0. The van der Waals surface area contributed by atoms with Crippen LogP contribution >= 0.6 is 0 Å². The van der Waals surface area contributed by atoms with Gasteiger partial charge in [-0.1, -0.05) is 61.5 Å². The maximum atomic E-state index is 14.5. The summed E-state index contributed by atoms with van der Waals surface area (Å²) < 4.78 is 12.7. The second-order valence-corrected chi connectivity index (χ2v) is 13.2. The molecule has 0 saturated heterocycles. The Balaban J connectivity index is 1.40. The van der Waals surface area contributed by atoms with Gasteiger partial charge in [0, 0.05) is 49.3 Å². The van der Waals surface area contributed by atoms with Crippen molar-refractivity contribution in [1.82, 2.24) is 9.80 Å². The fourth-order valence-corrected chi connectivity index (χ4v) is 6.24. The molecule has 1 heterocycles. The minimum absolute atomic E-state index is 0.109. The Hall–Kier alpha value is -4.93. The number of nitrogens with one attached hydrogen (secondary N) is 2. The van der Waals surface area contributed by atoms with Gasteiger partial charge in [0.25, 0.3) is 11.8 Å². The molecule has 0 spiro atoms. The number of benzene rings is 4. The Morgan fingerprint density at radius 2 is 1.70 bits per heavy atom. The van der Waals surface area contributed by atoms with Crippen LogP contribution in [0.1, 0.15) is 60.7 Å². The molecule has 0 saturated carbocycles. The largest absolute Gasteiger partial charge is 0.490 e. The van der Waals surface area contributed by atoms with Crippen molar-refractivity contribution in [2.45, 2.75) is 58.3 Å². The van der Waals surface area contributed by atoms with E-state index in [2.05, 4.69) is 10.6 Å². The third-order valence-electron chi connectivity index (χ3n) is 9.17. The van der Waals surface area contributed by atoms with Crippen LogP contribution in [0.2, 0.25) is 0 Å². The molecule has 10 heteroatoms. The van der Waals surface area contributed by atoms with E-state index in [1.807, 2.05) is 74.5 Å². The minimum atomic E-state index is -0.529. The molecule has 4 aromatic rings. The zero-order valence-corrected chi connectivity index (χ0v) is 29.3. The van der Waals surface area contributed by atoms with E-state index in [0.29, 0.717) is 35.8 Å². The third kappa shape index (κ3) is 9.19. The Morgan fingerprint density at radius 1 is 0.960 bits per heavy atom. The highest BCUT2D eigenvalue weighted by atomic mass is 16.5. The van der Waals surface area contributed by atoms with Crippen LogP contribution in [-0.4, -0.2) is 84.4 Å². The molecule has 0 aromatic heterocycles. The first-order valence-electron chi connectivity index (χ1n) is 17.3. The monoisotopic (exact) mass is 680 g/mol. The Bertz CT molecular complexity index is 1760. The molecule has 0 bridgehead atoms. The van der Waals surface area contributed by atoms with Crippen molar-refractivity contribution in [2.24, 2.45) is 5.92 Å². The Labute approximate surface area is 294 Å². The van der Waals surface area contributed by atoms with E-state index < -0.39 is 12.1 Å². The highest BCUT2D eigenvalue weighted by Crippen LogP contribution is 2.29. The zero-order chi connectivity index (χ0) is 35.6. The van der Waals surface area contributed by atoms with Crippen LogP contribution in [0, 0.1) is 5.92 Å². The number of aliphatic hydroxyl groups excluding tert-OH is 1.